The molecule has 1 heterocycles. The fourth-order valence-electron chi connectivity index (χ4n) is 3.53. The third-order valence-corrected chi connectivity index (χ3v) is 5.05. The molecule has 1 fully saturated rings. The number of amides is 3. The van der Waals surface area contributed by atoms with Crippen molar-refractivity contribution in [3.8, 4) is 0 Å². The van der Waals surface area contributed by atoms with E-state index < -0.39 is 0 Å². The number of urea groups is 1. The van der Waals surface area contributed by atoms with Gasteiger partial charge in [-0.1, -0.05) is 25.4 Å². The molecular weight excluding hydrogens is 364 g/mol. The number of rotatable bonds is 10. The fraction of sp³-hybridized carbons (Fsp3) is 0.600. The first kappa shape index (κ1) is 21.5. The van der Waals surface area contributed by atoms with Crippen LogP contribution in [0.1, 0.15) is 39.5 Å². The first-order valence-electron chi connectivity index (χ1n) is 9.97. The topological polar surface area (TPSA) is 65.9 Å². The van der Waals surface area contributed by atoms with Crippen LogP contribution in [0.3, 0.4) is 0 Å². The third-order valence-electron chi connectivity index (χ3n) is 4.80. The molecule has 1 aliphatic rings. The molecule has 0 radical (unpaired) electrons. The SMILES string of the molecule is CCC[NH+](CCC)CCCNC(=O)N[C@@H]1CC(=O)N(c2ccc(Cl)cc2)C1. The Morgan fingerprint density at radius 2 is 1.85 bits per heavy atom. The van der Waals surface area contributed by atoms with E-state index in [1.807, 2.05) is 12.1 Å². The maximum Gasteiger partial charge on any atom is 0.315 e. The summed E-state index contributed by atoms with van der Waals surface area (Å²) in [7, 11) is 0. The van der Waals surface area contributed by atoms with Crippen molar-refractivity contribution >= 4 is 29.2 Å². The van der Waals surface area contributed by atoms with E-state index >= 15 is 0 Å². The van der Waals surface area contributed by atoms with E-state index in [2.05, 4.69) is 24.5 Å². The monoisotopic (exact) mass is 395 g/mol. The van der Waals surface area contributed by atoms with E-state index in [0.717, 1.165) is 18.7 Å². The van der Waals surface area contributed by atoms with Crippen molar-refractivity contribution < 1.29 is 14.5 Å². The van der Waals surface area contributed by atoms with E-state index in [1.54, 1.807) is 21.9 Å². The van der Waals surface area contributed by atoms with Gasteiger partial charge in [0, 0.05) is 36.6 Å². The van der Waals surface area contributed by atoms with Crippen LogP contribution in [-0.2, 0) is 4.79 Å². The second-order valence-electron chi connectivity index (χ2n) is 7.14. The zero-order chi connectivity index (χ0) is 19.6. The van der Waals surface area contributed by atoms with E-state index in [4.69, 9.17) is 11.6 Å². The molecule has 0 bridgehead atoms. The summed E-state index contributed by atoms with van der Waals surface area (Å²) < 4.78 is 0. The van der Waals surface area contributed by atoms with E-state index in [9.17, 15) is 9.59 Å². The minimum absolute atomic E-state index is 0.0148. The highest BCUT2D eigenvalue weighted by Crippen LogP contribution is 2.23. The summed E-state index contributed by atoms with van der Waals surface area (Å²) in [6, 6.07) is 6.81. The van der Waals surface area contributed by atoms with Gasteiger partial charge < -0.3 is 20.4 Å². The molecule has 7 heteroatoms. The van der Waals surface area contributed by atoms with E-state index in [1.165, 1.54) is 25.9 Å². The predicted molar refractivity (Wildman–Crippen MR) is 110 cm³/mol. The van der Waals surface area contributed by atoms with Crippen LogP contribution in [-0.4, -0.2) is 50.7 Å². The highest BCUT2D eigenvalue weighted by atomic mass is 35.5. The average molecular weight is 396 g/mol. The lowest BCUT2D eigenvalue weighted by Gasteiger charge is -2.19. The van der Waals surface area contributed by atoms with Crippen LogP contribution < -0.4 is 20.4 Å². The van der Waals surface area contributed by atoms with Gasteiger partial charge in [0.2, 0.25) is 5.91 Å². The first-order valence-corrected chi connectivity index (χ1v) is 10.3. The molecule has 0 spiro atoms. The number of nitrogens with zero attached hydrogens (tertiary/aromatic N) is 1. The Balaban J connectivity index is 1.70. The van der Waals surface area contributed by atoms with Crippen LogP contribution in [0.2, 0.25) is 5.02 Å². The van der Waals surface area contributed by atoms with E-state index in [-0.39, 0.29) is 18.0 Å². The van der Waals surface area contributed by atoms with Gasteiger partial charge in [-0.3, -0.25) is 4.79 Å². The normalized spacial score (nSPS) is 16.8. The van der Waals surface area contributed by atoms with Gasteiger partial charge in [0.15, 0.2) is 0 Å². The average Bonchev–Trinajstić information content (AvgIpc) is 2.99. The van der Waals surface area contributed by atoms with Crippen LogP contribution in [0, 0.1) is 0 Å². The zero-order valence-corrected chi connectivity index (χ0v) is 17.1. The lowest BCUT2D eigenvalue weighted by molar-refractivity contribution is -0.900. The Morgan fingerprint density at radius 1 is 1.19 bits per heavy atom. The van der Waals surface area contributed by atoms with Gasteiger partial charge in [-0.05, 0) is 37.1 Å². The molecule has 0 aromatic heterocycles. The Kier molecular flexibility index (Phi) is 8.88. The van der Waals surface area contributed by atoms with Crippen molar-refractivity contribution in [3.05, 3.63) is 29.3 Å². The summed E-state index contributed by atoms with van der Waals surface area (Å²) in [5, 5.41) is 6.47. The second-order valence-corrected chi connectivity index (χ2v) is 7.57. The summed E-state index contributed by atoms with van der Waals surface area (Å²) in [5.41, 5.74) is 0.809. The highest BCUT2D eigenvalue weighted by Gasteiger charge is 2.31. The van der Waals surface area contributed by atoms with Crippen molar-refractivity contribution in [1.29, 1.82) is 0 Å². The zero-order valence-electron chi connectivity index (χ0n) is 16.4. The number of benzene rings is 1. The fourth-order valence-corrected chi connectivity index (χ4v) is 3.66. The van der Waals surface area contributed by atoms with Gasteiger partial charge >= 0.3 is 6.03 Å². The maximum atomic E-state index is 12.2. The molecule has 3 N–H and O–H groups in total. The molecule has 6 nitrogen and oxygen atoms in total. The lowest BCUT2D eigenvalue weighted by atomic mass is 10.2. The Labute approximate surface area is 167 Å². The summed E-state index contributed by atoms with van der Waals surface area (Å²) in [6.07, 6.45) is 3.65. The number of hydrogen-bond donors (Lipinski definition) is 3. The predicted octanol–water partition coefficient (Wildman–Crippen LogP) is 1.84. The second kappa shape index (κ2) is 11.1. The molecule has 3 amide bonds. The minimum Gasteiger partial charge on any atom is -0.338 e. The van der Waals surface area contributed by atoms with Gasteiger partial charge in [-0.15, -0.1) is 0 Å². The van der Waals surface area contributed by atoms with Crippen molar-refractivity contribution in [3.63, 3.8) is 0 Å². The van der Waals surface area contributed by atoms with Crippen molar-refractivity contribution in [2.24, 2.45) is 0 Å². The van der Waals surface area contributed by atoms with Gasteiger partial charge in [0.25, 0.3) is 0 Å². The van der Waals surface area contributed by atoms with Crippen LogP contribution in [0.4, 0.5) is 10.5 Å². The number of halogens is 1. The molecule has 1 aromatic rings. The van der Waals surface area contributed by atoms with Crippen LogP contribution in [0.5, 0.6) is 0 Å². The Morgan fingerprint density at radius 3 is 2.48 bits per heavy atom. The van der Waals surface area contributed by atoms with Crippen LogP contribution >= 0.6 is 11.6 Å². The quantitative estimate of drug-likeness (QED) is 0.529. The van der Waals surface area contributed by atoms with Gasteiger partial charge in [-0.25, -0.2) is 4.79 Å². The minimum atomic E-state index is -0.196. The number of anilines is 1. The molecule has 1 atom stereocenters. The van der Waals surface area contributed by atoms with Crippen molar-refractivity contribution in [2.75, 3.05) is 37.6 Å². The van der Waals surface area contributed by atoms with Crippen LogP contribution in [0.15, 0.2) is 24.3 Å². The summed E-state index contributed by atoms with van der Waals surface area (Å²) in [4.78, 5) is 27.6. The first-order chi connectivity index (χ1) is 13.0. The molecule has 1 aliphatic heterocycles. The Bertz CT molecular complexity index is 603. The molecule has 2 rings (SSSR count). The lowest BCUT2D eigenvalue weighted by Crippen LogP contribution is -3.12. The molecule has 1 saturated heterocycles. The molecule has 1 aromatic carbocycles. The van der Waals surface area contributed by atoms with Crippen LogP contribution in [0.25, 0.3) is 0 Å². The number of nitrogens with one attached hydrogen (secondary N) is 3. The number of hydrogen-bond acceptors (Lipinski definition) is 2. The smallest absolute Gasteiger partial charge is 0.315 e. The molecular formula is C20H32ClN4O2+. The van der Waals surface area contributed by atoms with Crippen molar-refractivity contribution in [2.45, 2.75) is 45.6 Å². The number of quaternary nitrogens is 1. The molecule has 27 heavy (non-hydrogen) atoms. The largest absolute Gasteiger partial charge is 0.338 e. The maximum absolute atomic E-state index is 12.2. The molecule has 150 valence electrons. The van der Waals surface area contributed by atoms with Crippen molar-refractivity contribution in [1.82, 2.24) is 10.6 Å². The third kappa shape index (κ3) is 7.03. The number of carbonyl (C=O) groups excluding carboxylic acids is 2. The standard InChI is InChI=1S/C20H31ClN4O2/c1-3-11-24(12-4-2)13-5-10-22-20(27)23-17-14-19(26)25(15-17)18-8-6-16(21)7-9-18/h6-9,17H,3-5,10-15H2,1-2H3,(H2,22,23,27)/p+1/t17-/m1/s1. The Hall–Kier alpha value is -1.79. The molecule has 0 saturated carbocycles. The van der Waals surface area contributed by atoms with Gasteiger partial charge in [0.05, 0.1) is 25.7 Å². The molecule has 0 aliphatic carbocycles. The molecule has 0 unspecified atom stereocenters. The highest BCUT2D eigenvalue weighted by molar-refractivity contribution is 6.30. The summed E-state index contributed by atoms with van der Waals surface area (Å²) in [5.74, 6) is 0.0148. The van der Waals surface area contributed by atoms with Gasteiger partial charge in [0.1, 0.15) is 0 Å². The summed E-state index contributed by atoms with van der Waals surface area (Å²) >= 11 is 5.90. The number of carbonyl (C=O) groups is 2. The summed E-state index contributed by atoms with van der Waals surface area (Å²) in [6.45, 7) is 9.00. The van der Waals surface area contributed by atoms with E-state index in [0.29, 0.717) is 24.5 Å². The van der Waals surface area contributed by atoms with Gasteiger partial charge in [-0.2, -0.15) is 0 Å².